The third kappa shape index (κ3) is 2.37. The molecule has 0 aliphatic rings. The van der Waals surface area contributed by atoms with Gasteiger partial charge in [0.05, 0.1) is 0 Å². The summed E-state index contributed by atoms with van der Waals surface area (Å²) in [6, 6.07) is 2.43. The standard InChI is InChI=1S/C9H9F3O/c1-5-3-6(2)8(4-7(5)10)13-9(11)12/h3-4,9H,1-2H3. The zero-order valence-electron chi connectivity index (χ0n) is 7.27. The molecule has 1 aromatic carbocycles. The molecule has 0 spiro atoms. The van der Waals surface area contributed by atoms with Crippen molar-refractivity contribution in [1.29, 1.82) is 0 Å². The molecule has 0 fully saturated rings. The molecule has 0 bridgehead atoms. The van der Waals surface area contributed by atoms with Crippen LogP contribution >= 0.6 is 0 Å². The first-order chi connectivity index (χ1) is 6.00. The number of alkyl halides is 2. The molecule has 1 rings (SSSR count). The van der Waals surface area contributed by atoms with Gasteiger partial charge in [-0.2, -0.15) is 8.78 Å². The van der Waals surface area contributed by atoms with Crippen molar-refractivity contribution >= 4 is 0 Å². The molecular weight excluding hydrogens is 181 g/mol. The molecule has 0 saturated carbocycles. The van der Waals surface area contributed by atoms with E-state index in [0.717, 1.165) is 6.07 Å². The number of ether oxygens (including phenoxy) is 1. The zero-order chi connectivity index (χ0) is 10.0. The highest BCUT2D eigenvalue weighted by atomic mass is 19.3. The van der Waals surface area contributed by atoms with Gasteiger partial charge >= 0.3 is 6.61 Å². The summed E-state index contributed by atoms with van der Waals surface area (Å²) in [7, 11) is 0. The van der Waals surface area contributed by atoms with Crippen molar-refractivity contribution in [2.24, 2.45) is 0 Å². The summed E-state index contributed by atoms with van der Waals surface area (Å²) in [6.07, 6.45) is 0. The van der Waals surface area contributed by atoms with Gasteiger partial charge in [0.2, 0.25) is 0 Å². The first-order valence-electron chi connectivity index (χ1n) is 3.72. The molecular formula is C9H9F3O. The predicted octanol–water partition coefficient (Wildman–Crippen LogP) is 3.04. The molecule has 0 unspecified atom stereocenters. The van der Waals surface area contributed by atoms with Gasteiger partial charge in [-0.25, -0.2) is 4.39 Å². The summed E-state index contributed by atoms with van der Waals surface area (Å²) in [5.41, 5.74) is 0.915. The van der Waals surface area contributed by atoms with E-state index in [2.05, 4.69) is 4.74 Å². The van der Waals surface area contributed by atoms with Gasteiger partial charge in [-0.15, -0.1) is 0 Å². The highest BCUT2D eigenvalue weighted by Crippen LogP contribution is 2.23. The Morgan fingerprint density at radius 1 is 1.15 bits per heavy atom. The SMILES string of the molecule is Cc1cc(C)c(OC(F)F)cc1F. The number of hydrogen-bond acceptors (Lipinski definition) is 1. The molecule has 0 aromatic heterocycles. The Morgan fingerprint density at radius 2 is 1.77 bits per heavy atom. The topological polar surface area (TPSA) is 9.23 Å². The summed E-state index contributed by atoms with van der Waals surface area (Å²) in [5, 5.41) is 0. The van der Waals surface area contributed by atoms with E-state index < -0.39 is 12.4 Å². The van der Waals surface area contributed by atoms with Crippen LogP contribution in [0.2, 0.25) is 0 Å². The molecule has 4 heteroatoms. The van der Waals surface area contributed by atoms with Gasteiger partial charge in [-0.05, 0) is 31.0 Å². The maximum absolute atomic E-state index is 12.9. The Hall–Kier alpha value is -1.19. The molecule has 0 atom stereocenters. The van der Waals surface area contributed by atoms with Crippen molar-refractivity contribution in [3.05, 3.63) is 29.1 Å². The van der Waals surface area contributed by atoms with Crippen LogP contribution in [0.1, 0.15) is 11.1 Å². The van der Waals surface area contributed by atoms with Crippen molar-refractivity contribution in [1.82, 2.24) is 0 Å². The first-order valence-corrected chi connectivity index (χ1v) is 3.72. The van der Waals surface area contributed by atoms with Crippen LogP contribution in [0.25, 0.3) is 0 Å². The Labute approximate surface area is 74.1 Å². The smallest absolute Gasteiger partial charge is 0.387 e. The second-order valence-electron chi connectivity index (χ2n) is 2.75. The molecule has 1 aromatic rings. The lowest BCUT2D eigenvalue weighted by Gasteiger charge is -2.08. The minimum absolute atomic E-state index is 0.113. The quantitative estimate of drug-likeness (QED) is 0.696. The molecule has 1 nitrogen and oxygen atoms in total. The van der Waals surface area contributed by atoms with E-state index in [1.165, 1.54) is 6.07 Å². The van der Waals surface area contributed by atoms with E-state index in [4.69, 9.17) is 0 Å². The third-order valence-corrected chi connectivity index (χ3v) is 1.67. The van der Waals surface area contributed by atoms with Crippen molar-refractivity contribution < 1.29 is 17.9 Å². The highest BCUT2D eigenvalue weighted by Gasteiger charge is 2.09. The highest BCUT2D eigenvalue weighted by molar-refractivity contribution is 5.36. The molecule has 0 N–H and O–H groups in total. The van der Waals surface area contributed by atoms with Gasteiger partial charge in [-0.1, -0.05) is 0 Å². The minimum Gasteiger partial charge on any atom is -0.434 e. The van der Waals surface area contributed by atoms with E-state index in [1.54, 1.807) is 13.8 Å². The summed E-state index contributed by atoms with van der Waals surface area (Å²) in [4.78, 5) is 0. The van der Waals surface area contributed by atoms with Crippen molar-refractivity contribution in [3.8, 4) is 5.75 Å². The summed E-state index contributed by atoms with van der Waals surface area (Å²) >= 11 is 0. The maximum Gasteiger partial charge on any atom is 0.387 e. The Bertz CT molecular complexity index is 310. The summed E-state index contributed by atoms with van der Waals surface area (Å²) < 4.78 is 40.6. The van der Waals surface area contributed by atoms with Crippen LogP contribution < -0.4 is 4.74 Å². The monoisotopic (exact) mass is 190 g/mol. The molecule has 72 valence electrons. The summed E-state index contributed by atoms with van der Waals surface area (Å²) in [6.45, 7) is 0.236. The van der Waals surface area contributed by atoms with E-state index in [-0.39, 0.29) is 5.75 Å². The second kappa shape index (κ2) is 3.68. The van der Waals surface area contributed by atoms with Crippen molar-refractivity contribution in [2.45, 2.75) is 20.5 Å². The Morgan fingerprint density at radius 3 is 2.31 bits per heavy atom. The van der Waals surface area contributed by atoms with Crippen LogP contribution in [0.3, 0.4) is 0 Å². The number of rotatable bonds is 2. The fourth-order valence-corrected chi connectivity index (χ4v) is 1.03. The Balaban J connectivity index is 3.01. The van der Waals surface area contributed by atoms with E-state index in [1.807, 2.05) is 0 Å². The third-order valence-electron chi connectivity index (χ3n) is 1.67. The van der Waals surface area contributed by atoms with Gasteiger partial charge in [-0.3, -0.25) is 0 Å². The molecule has 0 saturated heterocycles. The number of aryl methyl sites for hydroxylation is 2. The average Bonchev–Trinajstić information content (AvgIpc) is 1.99. The van der Waals surface area contributed by atoms with E-state index >= 15 is 0 Å². The fraction of sp³-hybridized carbons (Fsp3) is 0.333. The summed E-state index contributed by atoms with van der Waals surface area (Å²) in [5.74, 6) is -0.653. The molecule has 0 aliphatic carbocycles. The zero-order valence-corrected chi connectivity index (χ0v) is 7.27. The molecule has 0 heterocycles. The fourth-order valence-electron chi connectivity index (χ4n) is 1.03. The van der Waals surface area contributed by atoms with E-state index in [0.29, 0.717) is 11.1 Å². The van der Waals surface area contributed by atoms with Crippen LogP contribution in [0.15, 0.2) is 12.1 Å². The van der Waals surface area contributed by atoms with E-state index in [9.17, 15) is 13.2 Å². The van der Waals surface area contributed by atoms with Crippen LogP contribution in [0, 0.1) is 19.7 Å². The van der Waals surface area contributed by atoms with Crippen LogP contribution in [0.4, 0.5) is 13.2 Å². The molecule has 0 amide bonds. The Kier molecular flexibility index (Phi) is 2.80. The maximum atomic E-state index is 12.9. The lowest BCUT2D eigenvalue weighted by Crippen LogP contribution is -2.04. The van der Waals surface area contributed by atoms with Crippen molar-refractivity contribution in [3.63, 3.8) is 0 Å². The van der Waals surface area contributed by atoms with Crippen molar-refractivity contribution in [2.75, 3.05) is 0 Å². The molecule has 13 heavy (non-hydrogen) atoms. The van der Waals surface area contributed by atoms with Crippen LogP contribution in [0.5, 0.6) is 5.75 Å². The lowest BCUT2D eigenvalue weighted by molar-refractivity contribution is -0.0504. The van der Waals surface area contributed by atoms with Gasteiger partial charge in [0.15, 0.2) is 0 Å². The van der Waals surface area contributed by atoms with Crippen LogP contribution in [-0.2, 0) is 0 Å². The van der Waals surface area contributed by atoms with Gasteiger partial charge < -0.3 is 4.74 Å². The lowest BCUT2D eigenvalue weighted by atomic mass is 10.1. The molecule has 0 radical (unpaired) electrons. The van der Waals surface area contributed by atoms with Gasteiger partial charge in [0.25, 0.3) is 0 Å². The number of hydrogen-bond donors (Lipinski definition) is 0. The van der Waals surface area contributed by atoms with Crippen LogP contribution in [-0.4, -0.2) is 6.61 Å². The second-order valence-corrected chi connectivity index (χ2v) is 2.75. The van der Waals surface area contributed by atoms with Gasteiger partial charge in [0.1, 0.15) is 11.6 Å². The normalized spacial score (nSPS) is 10.6. The molecule has 0 aliphatic heterocycles. The largest absolute Gasteiger partial charge is 0.434 e. The minimum atomic E-state index is -2.92. The first kappa shape index (κ1) is 9.89. The number of benzene rings is 1. The number of halogens is 3. The average molecular weight is 190 g/mol. The van der Waals surface area contributed by atoms with Gasteiger partial charge in [0, 0.05) is 6.07 Å². The predicted molar refractivity (Wildman–Crippen MR) is 42.5 cm³/mol.